The molecule has 2 N–H and O–H groups in total. The number of urea groups is 1. The van der Waals surface area contributed by atoms with Crippen LogP contribution in [-0.2, 0) is 9.47 Å². The Morgan fingerprint density at radius 3 is 2.88 bits per heavy atom. The highest BCUT2D eigenvalue weighted by Gasteiger charge is 2.19. The van der Waals surface area contributed by atoms with E-state index in [1.165, 1.54) is 6.42 Å². The normalized spacial score (nSPS) is 30.0. The molecule has 92 valence electrons. The van der Waals surface area contributed by atoms with Crippen molar-refractivity contribution in [3.05, 3.63) is 0 Å². The van der Waals surface area contributed by atoms with Crippen LogP contribution < -0.4 is 10.6 Å². The van der Waals surface area contributed by atoms with Crippen molar-refractivity contribution in [1.29, 1.82) is 0 Å². The third kappa shape index (κ3) is 3.64. The van der Waals surface area contributed by atoms with E-state index in [0.29, 0.717) is 13.2 Å². The van der Waals surface area contributed by atoms with Gasteiger partial charge in [-0.3, -0.25) is 0 Å². The largest absolute Gasteiger partial charge is 0.379 e. The molecule has 2 unspecified atom stereocenters. The predicted octanol–water partition coefficient (Wildman–Crippen LogP) is 0.644. The Bertz CT molecular complexity index is 223. The lowest BCUT2D eigenvalue weighted by atomic mass is 10.1. The van der Waals surface area contributed by atoms with Crippen LogP contribution in [0.5, 0.6) is 0 Å². The summed E-state index contributed by atoms with van der Waals surface area (Å²) in [7, 11) is 0. The van der Waals surface area contributed by atoms with Gasteiger partial charge in [0, 0.05) is 19.8 Å². The van der Waals surface area contributed by atoms with Crippen molar-refractivity contribution in [2.45, 2.75) is 37.8 Å². The fourth-order valence-electron chi connectivity index (χ4n) is 2.06. The van der Waals surface area contributed by atoms with Gasteiger partial charge in [0.15, 0.2) is 0 Å². The first-order chi connectivity index (χ1) is 7.84. The maximum atomic E-state index is 11.5. The van der Waals surface area contributed by atoms with Gasteiger partial charge < -0.3 is 20.1 Å². The molecule has 0 bridgehead atoms. The lowest BCUT2D eigenvalue weighted by Crippen LogP contribution is -2.45. The van der Waals surface area contributed by atoms with Gasteiger partial charge in [0.2, 0.25) is 0 Å². The van der Waals surface area contributed by atoms with Crippen LogP contribution in [0.3, 0.4) is 0 Å². The number of nitrogens with one attached hydrogen (secondary N) is 2. The van der Waals surface area contributed by atoms with Crippen LogP contribution in [0.25, 0.3) is 0 Å². The Labute approximate surface area is 95.9 Å². The molecule has 2 amide bonds. The minimum atomic E-state index is -0.107. The van der Waals surface area contributed by atoms with Gasteiger partial charge in [-0.05, 0) is 25.7 Å². The van der Waals surface area contributed by atoms with Gasteiger partial charge in [0.25, 0.3) is 0 Å². The van der Waals surface area contributed by atoms with E-state index in [9.17, 15) is 4.79 Å². The SMILES string of the molecule is O=C(NCC1CCCCO1)NC1CCOC1. The number of hydrogen-bond donors (Lipinski definition) is 2. The number of carbonyl (C=O) groups is 1. The quantitative estimate of drug-likeness (QED) is 0.745. The summed E-state index contributed by atoms with van der Waals surface area (Å²) < 4.78 is 10.7. The first-order valence-electron chi connectivity index (χ1n) is 6.08. The summed E-state index contributed by atoms with van der Waals surface area (Å²) in [5, 5.41) is 5.74. The third-order valence-electron chi connectivity index (χ3n) is 3.03. The summed E-state index contributed by atoms with van der Waals surface area (Å²) in [6.07, 6.45) is 4.49. The van der Waals surface area contributed by atoms with E-state index in [0.717, 1.165) is 32.5 Å². The molecule has 2 atom stereocenters. The Hall–Kier alpha value is -0.810. The van der Waals surface area contributed by atoms with Gasteiger partial charge in [0.05, 0.1) is 18.8 Å². The average Bonchev–Trinajstić information content (AvgIpc) is 2.81. The number of amides is 2. The Morgan fingerprint density at radius 1 is 1.25 bits per heavy atom. The molecule has 2 saturated heterocycles. The predicted molar refractivity (Wildman–Crippen MR) is 59.3 cm³/mol. The van der Waals surface area contributed by atoms with Crippen LogP contribution in [-0.4, -0.2) is 44.5 Å². The van der Waals surface area contributed by atoms with Crippen molar-refractivity contribution in [3.8, 4) is 0 Å². The molecule has 2 rings (SSSR count). The Balaban J connectivity index is 1.59. The van der Waals surface area contributed by atoms with E-state index in [4.69, 9.17) is 9.47 Å². The molecule has 2 aliphatic rings. The highest BCUT2D eigenvalue weighted by Crippen LogP contribution is 2.11. The monoisotopic (exact) mass is 228 g/mol. The molecule has 16 heavy (non-hydrogen) atoms. The zero-order valence-electron chi connectivity index (χ0n) is 9.54. The van der Waals surface area contributed by atoms with Crippen molar-refractivity contribution in [3.63, 3.8) is 0 Å². The minimum absolute atomic E-state index is 0.107. The Kier molecular flexibility index (Phi) is 4.42. The highest BCUT2D eigenvalue weighted by atomic mass is 16.5. The highest BCUT2D eigenvalue weighted by molar-refractivity contribution is 5.74. The van der Waals surface area contributed by atoms with Crippen LogP contribution >= 0.6 is 0 Å². The zero-order chi connectivity index (χ0) is 11.2. The van der Waals surface area contributed by atoms with Gasteiger partial charge >= 0.3 is 6.03 Å². The summed E-state index contributed by atoms with van der Waals surface area (Å²) in [4.78, 5) is 11.5. The van der Waals surface area contributed by atoms with Gasteiger partial charge in [-0.1, -0.05) is 0 Å². The second kappa shape index (κ2) is 6.06. The molecule has 2 aliphatic heterocycles. The lowest BCUT2D eigenvalue weighted by Gasteiger charge is -2.23. The maximum Gasteiger partial charge on any atom is 0.315 e. The van der Waals surface area contributed by atoms with Crippen molar-refractivity contribution in [2.24, 2.45) is 0 Å². The summed E-state index contributed by atoms with van der Waals surface area (Å²) in [6.45, 7) is 2.81. The summed E-state index contributed by atoms with van der Waals surface area (Å²) >= 11 is 0. The van der Waals surface area contributed by atoms with Crippen molar-refractivity contribution < 1.29 is 14.3 Å². The average molecular weight is 228 g/mol. The smallest absolute Gasteiger partial charge is 0.315 e. The van der Waals surface area contributed by atoms with Crippen LogP contribution in [0.4, 0.5) is 4.79 Å². The molecule has 0 aliphatic carbocycles. The van der Waals surface area contributed by atoms with Gasteiger partial charge in [-0.2, -0.15) is 0 Å². The molecular weight excluding hydrogens is 208 g/mol. The molecule has 2 heterocycles. The lowest BCUT2D eigenvalue weighted by molar-refractivity contribution is 0.0184. The summed E-state index contributed by atoms with van der Waals surface area (Å²) in [5.41, 5.74) is 0. The molecule has 2 fully saturated rings. The van der Waals surface area contributed by atoms with Gasteiger partial charge in [-0.25, -0.2) is 4.79 Å². The number of carbonyl (C=O) groups excluding carboxylic acids is 1. The fourth-order valence-corrected chi connectivity index (χ4v) is 2.06. The molecule has 0 aromatic heterocycles. The van der Waals surface area contributed by atoms with Crippen LogP contribution in [0.1, 0.15) is 25.7 Å². The van der Waals surface area contributed by atoms with Crippen LogP contribution in [0.15, 0.2) is 0 Å². The third-order valence-corrected chi connectivity index (χ3v) is 3.03. The topological polar surface area (TPSA) is 59.6 Å². The van der Waals surface area contributed by atoms with E-state index in [-0.39, 0.29) is 18.2 Å². The fraction of sp³-hybridized carbons (Fsp3) is 0.909. The second-order valence-corrected chi connectivity index (χ2v) is 4.40. The standard InChI is InChI=1S/C11H20N2O3/c14-11(13-9-4-6-15-8-9)12-7-10-3-1-2-5-16-10/h9-10H,1-8H2,(H2,12,13,14). The van der Waals surface area contributed by atoms with Gasteiger partial charge in [-0.15, -0.1) is 0 Å². The van der Waals surface area contributed by atoms with E-state index >= 15 is 0 Å². The molecule has 0 radical (unpaired) electrons. The molecule has 5 heteroatoms. The molecule has 0 saturated carbocycles. The molecular formula is C11H20N2O3. The van der Waals surface area contributed by atoms with Gasteiger partial charge in [0.1, 0.15) is 0 Å². The van der Waals surface area contributed by atoms with Crippen LogP contribution in [0.2, 0.25) is 0 Å². The number of rotatable bonds is 3. The number of hydrogen-bond acceptors (Lipinski definition) is 3. The van der Waals surface area contributed by atoms with E-state index in [1.54, 1.807) is 0 Å². The molecule has 0 aromatic rings. The first kappa shape index (κ1) is 11.7. The summed E-state index contributed by atoms with van der Waals surface area (Å²) in [6, 6.07) is 0.0666. The van der Waals surface area contributed by atoms with E-state index in [1.807, 2.05) is 0 Å². The Morgan fingerprint density at radius 2 is 2.19 bits per heavy atom. The van der Waals surface area contributed by atoms with E-state index < -0.39 is 0 Å². The van der Waals surface area contributed by atoms with Crippen LogP contribution in [0, 0.1) is 0 Å². The zero-order valence-corrected chi connectivity index (χ0v) is 9.54. The molecule has 0 aromatic carbocycles. The summed E-state index contributed by atoms with van der Waals surface area (Å²) in [5.74, 6) is 0. The first-order valence-corrected chi connectivity index (χ1v) is 6.08. The second-order valence-electron chi connectivity index (χ2n) is 4.40. The molecule has 5 nitrogen and oxygen atoms in total. The van der Waals surface area contributed by atoms with Crippen molar-refractivity contribution in [2.75, 3.05) is 26.4 Å². The molecule has 0 spiro atoms. The minimum Gasteiger partial charge on any atom is -0.379 e. The number of ether oxygens (including phenoxy) is 2. The van der Waals surface area contributed by atoms with Crippen molar-refractivity contribution in [1.82, 2.24) is 10.6 Å². The van der Waals surface area contributed by atoms with E-state index in [2.05, 4.69) is 10.6 Å². The van der Waals surface area contributed by atoms with Crippen molar-refractivity contribution >= 4 is 6.03 Å². The maximum absolute atomic E-state index is 11.5.